The molecule has 1 heterocycles. The molecule has 15 heavy (non-hydrogen) atoms. The van der Waals surface area contributed by atoms with Crippen molar-refractivity contribution in [2.75, 3.05) is 25.9 Å². The van der Waals surface area contributed by atoms with Gasteiger partial charge in [0.25, 0.3) is 0 Å². The van der Waals surface area contributed by atoms with E-state index in [1.54, 1.807) is 0 Å². The number of likely N-dealkylation sites (N-methyl/N-ethyl adjacent to an activating group) is 1. The molecule has 1 rings (SSSR count). The smallest absolute Gasteiger partial charge is 0.0416 e. The second-order valence-corrected chi connectivity index (χ2v) is 4.49. The average Bonchev–Trinajstić information content (AvgIpc) is 2.27. The van der Waals surface area contributed by atoms with Crippen molar-refractivity contribution in [1.29, 1.82) is 0 Å². The largest absolute Gasteiger partial charge is 0.306 e. The molecule has 0 radical (unpaired) electrons. The van der Waals surface area contributed by atoms with Crippen molar-refractivity contribution in [1.82, 2.24) is 9.88 Å². The zero-order valence-corrected chi connectivity index (χ0v) is 10.5. The first-order chi connectivity index (χ1) is 7.22. The third-order valence-corrected chi connectivity index (χ3v) is 3.03. The number of nitrogens with zero attached hydrogens (tertiary/aromatic N) is 2. The van der Waals surface area contributed by atoms with E-state index < -0.39 is 0 Å². The highest BCUT2D eigenvalue weighted by atomic mass is 32.1. The maximum absolute atomic E-state index is 4.31. The lowest BCUT2D eigenvalue weighted by Crippen LogP contribution is -2.27. The molecule has 0 saturated heterocycles. The summed E-state index contributed by atoms with van der Waals surface area (Å²) >= 11 is 4.29. The van der Waals surface area contributed by atoms with E-state index in [-0.39, 0.29) is 0 Å². The van der Waals surface area contributed by atoms with Gasteiger partial charge in [-0.05, 0) is 30.9 Å². The van der Waals surface area contributed by atoms with Gasteiger partial charge in [0.1, 0.15) is 0 Å². The molecular formula is C12H20N2S. The number of aromatic nitrogens is 1. The zero-order valence-electron chi connectivity index (χ0n) is 9.56. The summed E-state index contributed by atoms with van der Waals surface area (Å²) in [5, 5.41) is 0. The molecule has 3 heteroatoms. The lowest BCUT2D eigenvalue weighted by Gasteiger charge is -2.19. The summed E-state index contributed by atoms with van der Waals surface area (Å²) in [5.74, 6) is 1.61. The fourth-order valence-corrected chi connectivity index (χ4v) is 1.65. The highest BCUT2D eigenvalue weighted by Gasteiger charge is 2.04. The summed E-state index contributed by atoms with van der Waals surface area (Å²) in [5.41, 5.74) is 1.17. The van der Waals surface area contributed by atoms with Gasteiger partial charge >= 0.3 is 0 Å². The molecule has 1 aromatic rings. The Morgan fingerprint density at radius 1 is 1.47 bits per heavy atom. The Bertz CT molecular complexity index is 264. The van der Waals surface area contributed by atoms with Crippen LogP contribution in [-0.2, 0) is 6.42 Å². The van der Waals surface area contributed by atoms with Crippen molar-refractivity contribution >= 4 is 12.6 Å². The summed E-state index contributed by atoms with van der Waals surface area (Å²) in [6.07, 6.45) is 2.88. The van der Waals surface area contributed by atoms with Crippen LogP contribution in [0.5, 0.6) is 0 Å². The van der Waals surface area contributed by atoms with Gasteiger partial charge in [-0.15, -0.1) is 0 Å². The molecule has 0 saturated carbocycles. The average molecular weight is 224 g/mol. The minimum atomic E-state index is 0.655. The van der Waals surface area contributed by atoms with E-state index in [4.69, 9.17) is 0 Å². The van der Waals surface area contributed by atoms with Crippen LogP contribution in [0.15, 0.2) is 24.4 Å². The van der Waals surface area contributed by atoms with Gasteiger partial charge in [-0.25, -0.2) is 0 Å². The first-order valence-corrected chi connectivity index (χ1v) is 6.05. The number of pyridine rings is 1. The molecule has 84 valence electrons. The van der Waals surface area contributed by atoms with Gasteiger partial charge in [0.2, 0.25) is 0 Å². The third kappa shape index (κ3) is 5.19. The normalized spacial score (nSPS) is 13.1. The molecule has 1 atom stereocenters. The van der Waals surface area contributed by atoms with Crippen molar-refractivity contribution in [2.45, 2.75) is 13.3 Å². The predicted molar refractivity (Wildman–Crippen MR) is 68.5 cm³/mol. The first-order valence-electron chi connectivity index (χ1n) is 5.41. The summed E-state index contributed by atoms with van der Waals surface area (Å²) in [6.45, 7) is 4.40. The summed E-state index contributed by atoms with van der Waals surface area (Å²) < 4.78 is 0. The molecule has 0 fully saturated rings. The number of rotatable bonds is 6. The van der Waals surface area contributed by atoms with E-state index >= 15 is 0 Å². The fraction of sp³-hybridized carbons (Fsp3) is 0.583. The van der Waals surface area contributed by atoms with Crippen LogP contribution in [0, 0.1) is 5.92 Å². The van der Waals surface area contributed by atoms with Gasteiger partial charge in [-0.1, -0.05) is 13.0 Å². The van der Waals surface area contributed by atoms with Crippen molar-refractivity contribution in [3.05, 3.63) is 30.1 Å². The minimum Gasteiger partial charge on any atom is -0.306 e. The predicted octanol–water partition coefficient (Wildman–Crippen LogP) is 2.12. The molecule has 0 spiro atoms. The van der Waals surface area contributed by atoms with Crippen LogP contribution in [-0.4, -0.2) is 35.8 Å². The van der Waals surface area contributed by atoms with Crippen molar-refractivity contribution in [2.24, 2.45) is 5.92 Å². The van der Waals surface area contributed by atoms with Gasteiger partial charge in [0.05, 0.1) is 0 Å². The van der Waals surface area contributed by atoms with Crippen LogP contribution >= 0.6 is 12.6 Å². The van der Waals surface area contributed by atoms with Crippen LogP contribution in [0.1, 0.15) is 12.6 Å². The zero-order chi connectivity index (χ0) is 11.1. The topological polar surface area (TPSA) is 16.1 Å². The summed E-state index contributed by atoms with van der Waals surface area (Å²) in [7, 11) is 2.16. The molecule has 0 bridgehead atoms. The van der Waals surface area contributed by atoms with Crippen LogP contribution in [0.3, 0.4) is 0 Å². The van der Waals surface area contributed by atoms with Crippen LogP contribution in [0.2, 0.25) is 0 Å². The van der Waals surface area contributed by atoms with E-state index in [9.17, 15) is 0 Å². The van der Waals surface area contributed by atoms with Gasteiger partial charge in [-0.3, -0.25) is 4.98 Å². The van der Waals surface area contributed by atoms with Gasteiger partial charge in [0, 0.05) is 31.4 Å². The molecule has 2 nitrogen and oxygen atoms in total. The Kier molecular flexibility index (Phi) is 5.73. The van der Waals surface area contributed by atoms with Crippen LogP contribution in [0.4, 0.5) is 0 Å². The van der Waals surface area contributed by atoms with E-state index in [2.05, 4.69) is 42.6 Å². The fourth-order valence-electron chi connectivity index (χ4n) is 1.53. The van der Waals surface area contributed by atoms with E-state index in [0.29, 0.717) is 5.92 Å². The van der Waals surface area contributed by atoms with Crippen LogP contribution in [0.25, 0.3) is 0 Å². The Hall–Kier alpha value is -0.540. The number of hydrogen-bond acceptors (Lipinski definition) is 3. The monoisotopic (exact) mass is 224 g/mol. The molecular weight excluding hydrogens is 204 g/mol. The minimum absolute atomic E-state index is 0.655. The highest BCUT2D eigenvalue weighted by molar-refractivity contribution is 7.80. The van der Waals surface area contributed by atoms with Crippen molar-refractivity contribution in [3.63, 3.8) is 0 Å². The summed E-state index contributed by atoms with van der Waals surface area (Å²) in [6, 6.07) is 6.07. The number of hydrogen-bond donors (Lipinski definition) is 1. The van der Waals surface area contributed by atoms with E-state index in [1.165, 1.54) is 5.69 Å². The van der Waals surface area contributed by atoms with E-state index in [1.807, 2.05) is 18.3 Å². The second kappa shape index (κ2) is 6.85. The van der Waals surface area contributed by atoms with Crippen LogP contribution < -0.4 is 0 Å². The number of thiol groups is 1. The van der Waals surface area contributed by atoms with Gasteiger partial charge in [0.15, 0.2) is 0 Å². The summed E-state index contributed by atoms with van der Waals surface area (Å²) in [4.78, 5) is 6.65. The molecule has 0 aliphatic heterocycles. The molecule has 1 aromatic heterocycles. The Balaban J connectivity index is 2.25. The molecule has 0 aromatic carbocycles. The van der Waals surface area contributed by atoms with Crippen molar-refractivity contribution in [3.8, 4) is 0 Å². The molecule has 0 aliphatic carbocycles. The van der Waals surface area contributed by atoms with Gasteiger partial charge < -0.3 is 4.90 Å². The molecule has 0 aliphatic rings. The molecule has 0 amide bonds. The maximum atomic E-state index is 4.31. The third-order valence-electron chi connectivity index (χ3n) is 2.41. The first kappa shape index (κ1) is 12.5. The molecule has 1 unspecified atom stereocenters. The van der Waals surface area contributed by atoms with E-state index in [0.717, 1.165) is 25.3 Å². The maximum Gasteiger partial charge on any atom is 0.0416 e. The quantitative estimate of drug-likeness (QED) is 0.745. The Labute approximate surface area is 98.1 Å². The Morgan fingerprint density at radius 2 is 2.27 bits per heavy atom. The highest BCUT2D eigenvalue weighted by Crippen LogP contribution is 2.02. The lowest BCUT2D eigenvalue weighted by molar-refractivity contribution is 0.300. The van der Waals surface area contributed by atoms with Crippen molar-refractivity contribution < 1.29 is 0 Å². The SMILES string of the molecule is CC(CS)CN(C)CCc1ccccn1. The Morgan fingerprint density at radius 3 is 2.87 bits per heavy atom. The standard InChI is InChI=1S/C12H20N2S/c1-11(10-15)9-14(2)8-6-12-5-3-4-7-13-12/h3-5,7,11,15H,6,8-10H2,1-2H3. The molecule has 0 N–H and O–H groups in total. The lowest BCUT2D eigenvalue weighted by atomic mass is 10.2. The second-order valence-electron chi connectivity index (χ2n) is 4.12. The van der Waals surface area contributed by atoms with Gasteiger partial charge in [-0.2, -0.15) is 12.6 Å².